The first-order valence-corrected chi connectivity index (χ1v) is 13.8. The standard InChI is InChI=1S/C32H34N4O5/c1-21-7-5-10-24(19-21)30(38)36-18-17-35(32(40)33-25-15-13-23(14-16-25)31(39)41-2)20-28(36)29(37)34-27-12-6-9-22-8-3-4-11-26(22)27/h3-5,7-8,10-11,13-16,19,27-28H,6,9,12,17-18,20H2,1-2H3,(H,33,40)(H,34,37). The number of anilines is 1. The topological polar surface area (TPSA) is 108 Å². The molecule has 1 aliphatic carbocycles. The third kappa shape index (κ3) is 6.24. The van der Waals surface area contributed by atoms with E-state index in [1.165, 1.54) is 12.7 Å². The molecule has 0 radical (unpaired) electrons. The fraction of sp³-hybridized carbons (Fsp3) is 0.312. The van der Waals surface area contributed by atoms with Gasteiger partial charge in [-0.2, -0.15) is 0 Å². The first kappa shape index (κ1) is 27.9. The first-order valence-electron chi connectivity index (χ1n) is 13.8. The largest absolute Gasteiger partial charge is 0.465 e. The molecule has 1 heterocycles. The summed E-state index contributed by atoms with van der Waals surface area (Å²) < 4.78 is 4.72. The summed E-state index contributed by atoms with van der Waals surface area (Å²) in [5.74, 6) is -0.990. The van der Waals surface area contributed by atoms with Crippen molar-refractivity contribution in [1.82, 2.24) is 15.1 Å². The van der Waals surface area contributed by atoms with Crippen molar-refractivity contribution in [2.45, 2.75) is 38.3 Å². The lowest BCUT2D eigenvalue weighted by Gasteiger charge is -2.41. The highest BCUT2D eigenvalue weighted by Gasteiger charge is 2.38. The first-order chi connectivity index (χ1) is 19.8. The SMILES string of the molecule is COC(=O)c1ccc(NC(=O)N2CCN(C(=O)c3cccc(C)c3)C(C(=O)NC3CCCc4ccccc43)C2)cc1. The minimum Gasteiger partial charge on any atom is -0.465 e. The lowest BCUT2D eigenvalue weighted by molar-refractivity contribution is -0.128. The van der Waals surface area contributed by atoms with Crippen molar-refractivity contribution in [1.29, 1.82) is 0 Å². The summed E-state index contributed by atoms with van der Waals surface area (Å²) in [5.41, 5.74) is 4.65. The number of hydrogen-bond acceptors (Lipinski definition) is 5. The van der Waals surface area contributed by atoms with Crippen LogP contribution in [0.2, 0.25) is 0 Å². The second kappa shape index (κ2) is 12.2. The summed E-state index contributed by atoms with van der Waals surface area (Å²) in [6, 6.07) is 20.4. The van der Waals surface area contributed by atoms with Gasteiger partial charge in [-0.15, -0.1) is 0 Å². The number of piperazine rings is 1. The molecule has 9 heteroatoms. The Balaban J connectivity index is 1.35. The molecule has 3 aromatic carbocycles. The van der Waals surface area contributed by atoms with Crippen molar-refractivity contribution in [3.05, 3.63) is 101 Å². The average Bonchev–Trinajstić information content (AvgIpc) is 3.00. The fourth-order valence-corrected chi connectivity index (χ4v) is 5.56. The predicted octanol–water partition coefficient (Wildman–Crippen LogP) is 4.33. The molecule has 0 saturated carbocycles. The van der Waals surface area contributed by atoms with E-state index in [4.69, 9.17) is 4.74 Å². The van der Waals surface area contributed by atoms with Crippen LogP contribution in [0, 0.1) is 6.92 Å². The van der Waals surface area contributed by atoms with E-state index in [9.17, 15) is 19.2 Å². The second-order valence-electron chi connectivity index (χ2n) is 10.5. The predicted molar refractivity (Wildman–Crippen MR) is 155 cm³/mol. The quantitative estimate of drug-likeness (QED) is 0.457. The van der Waals surface area contributed by atoms with E-state index in [0.29, 0.717) is 16.8 Å². The zero-order valence-corrected chi connectivity index (χ0v) is 23.3. The molecular weight excluding hydrogens is 520 g/mol. The van der Waals surface area contributed by atoms with Crippen LogP contribution in [-0.4, -0.2) is 66.4 Å². The Bertz CT molecular complexity index is 1450. The minimum absolute atomic E-state index is 0.0455. The third-order valence-corrected chi connectivity index (χ3v) is 7.74. The number of nitrogens with zero attached hydrogens (tertiary/aromatic N) is 2. The van der Waals surface area contributed by atoms with E-state index in [1.54, 1.807) is 40.1 Å². The smallest absolute Gasteiger partial charge is 0.337 e. The van der Waals surface area contributed by atoms with Gasteiger partial charge in [0.05, 0.1) is 25.3 Å². The van der Waals surface area contributed by atoms with Crippen molar-refractivity contribution < 1.29 is 23.9 Å². The van der Waals surface area contributed by atoms with Crippen LogP contribution < -0.4 is 10.6 Å². The summed E-state index contributed by atoms with van der Waals surface area (Å²) in [7, 11) is 1.31. The summed E-state index contributed by atoms with van der Waals surface area (Å²) in [5, 5.41) is 6.02. The van der Waals surface area contributed by atoms with E-state index in [-0.39, 0.29) is 43.5 Å². The number of carbonyl (C=O) groups excluding carboxylic acids is 4. The summed E-state index contributed by atoms with van der Waals surface area (Å²) in [4.78, 5) is 55.6. The van der Waals surface area contributed by atoms with Crippen LogP contribution in [0.5, 0.6) is 0 Å². The van der Waals surface area contributed by atoms with Crippen LogP contribution in [-0.2, 0) is 16.0 Å². The van der Waals surface area contributed by atoms with Gasteiger partial charge in [0.1, 0.15) is 6.04 Å². The number of hydrogen-bond donors (Lipinski definition) is 2. The fourth-order valence-electron chi connectivity index (χ4n) is 5.56. The van der Waals surface area contributed by atoms with Gasteiger partial charge < -0.3 is 25.2 Å². The molecule has 3 aromatic rings. The van der Waals surface area contributed by atoms with Gasteiger partial charge in [0.25, 0.3) is 5.91 Å². The number of urea groups is 1. The van der Waals surface area contributed by atoms with Crippen LogP contribution in [0.3, 0.4) is 0 Å². The maximum absolute atomic E-state index is 13.8. The minimum atomic E-state index is -0.863. The van der Waals surface area contributed by atoms with Crippen molar-refractivity contribution in [2.75, 3.05) is 32.1 Å². The molecule has 1 aliphatic heterocycles. The molecule has 5 rings (SSSR count). The maximum atomic E-state index is 13.8. The zero-order chi connectivity index (χ0) is 28.9. The lowest BCUT2D eigenvalue weighted by Crippen LogP contribution is -2.62. The third-order valence-electron chi connectivity index (χ3n) is 7.74. The Morgan fingerprint density at radius 1 is 0.902 bits per heavy atom. The molecule has 2 atom stereocenters. The molecule has 0 aromatic heterocycles. The molecule has 1 saturated heterocycles. The molecule has 0 spiro atoms. The molecular formula is C32H34N4O5. The van der Waals surface area contributed by atoms with Gasteiger partial charge in [-0.3, -0.25) is 9.59 Å². The summed E-state index contributed by atoms with van der Waals surface area (Å²) in [6.45, 7) is 2.44. The van der Waals surface area contributed by atoms with Crippen LogP contribution in [0.25, 0.3) is 0 Å². The van der Waals surface area contributed by atoms with Crippen molar-refractivity contribution in [3.8, 4) is 0 Å². The van der Waals surface area contributed by atoms with E-state index < -0.39 is 12.0 Å². The average molecular weight is 555 g/mol. The molecule has 1 fully saturated rings. The number of fused-ring (bicyclic) bond motifs is 1. The van der Waals surface area contributed by atoms with Gasteiger partial charge in [0.2, 0.25) is 5.91 Å². The van der Waals surface area contributed by atoms with Crippen molar-refractivity contribution in [3.63, 3.8) is 0 Å². The van der Waals surface area contributed by atoms with Crippen LogP contribution in [0.1, 0.15) is 56.3 Å². The molecule has 0 bridgehead atoms. The monoisotopic (exact) mass is 554 g/mol. The number of benzene rings is 3. The number of aryl methyl sites for hydroxylation is 2. The van der Waals surface area contributed by atoms with Gasteiger partial charge in [0, 0.05) is 24.3 Å². The van der Waals surface area contributed by atoms with Crippen molar-refractivity contribution in [2.24, 2.45) is 0 Å². The number of nitrogens with one attached hydrogen (secondary N) is 2. The number of amides is 4. The van der Waals surface area contributed by atoms with Gasteiger partial charge >= 0.3 is 12.0 Å². The number of esters is 1. The molecule has 212 valence electrons. The zero-order valence-electron chi connectivity index (χ0n) is 23.3. The molecule has 4 amide bonds. The Labute approximate surface area is 239 Å². The van der Waals surface area contributed by atoms with Crippen LogP contribution >= 0.6 is 0 Å². The molecule has 2 aliphatic rings. The van der Waals surface area contributed by atoms with Gasteiger partial charge in [-0.05, 0) is 73.7 Å². The Kier molecular flexibility index (Phi) is 8.33. The van der Waals surface area contributed by atoms with Gasteiger partial charge in [0.15, 0.2) is 0 Å². The van der Waals surface area contributed by atoms with E-state index in [2.05, 4.69) is 16.7 Å². The molecule has 9 nitrogen and oxygen atoms in total. The van der Waals surface area contributed by atoms with Crippen molar-refractivity contribution >= 4 is 29.5 Å². The lowest BCUT2D eigenvalue weighted by atomic mass is 9.87. The van der Waals surface area contributed by atoms with E-state index in [0.717, 1.165) is 30.4 Å². The number of rotatable bonds is 5. The summed E-state index contributed by atoms with van der Waals surface area (Å²) >= 11 is 0. The molecule has 2 N–H and O–H groups in total. The Morgan fingerprint density at radius 3 is 2.44 bits per heavy atom. The molecule has 2 unspecified atom stereocenters. The number of ether oxygens (including phenoxy) is 1. The Hall–Kier alpha value is -4.66. The number of methoxy groups -OCH3 is 1. The van der Waals surface area contributed by atoms with Crippen LogP contribution in [0.15, 0.2) is 72.8 Å². The van der Waals surface area contributed by atoms with Crippen LogP contribution in [0.4, 0.5) is 10.5 Å². The van der Waals surface area contributed by atoms with E-state index >= 15 is 0 Å². The van der Waals surface area contributed by atoms with Gasteiger partial charge in [-0.1, -0.05) is 42.0 Å². The second-order valence-corrected chi connectivity index (χ2v) is 10.5. The normalized spacial score (nSPS) is 18.2. The van der Waals surface area contributed by atoms with E-state index in [1.807, 2.05) is 43.3 Å². The Morgan fingerprint density at radius 2 is 1.68 bits per heavy atom. The highest BCUT2D eigenvalue weighted by Crippen LogP contribution is 2.30. The highest BCUT2D eigenvalue weighted by atomic mass is 16.5. The summed E-state index contributed by atoms with van der Waals surface area (Å²) in [6.07, 6.45) is 2.74. The maximum Gasteiger partial charge on any atom is 0.337 e. The molecule has 41 heavy (non-hydrogen) atoms. The highest BCUT2D eigenvalue weighted by molar-refractivity contribution is 5.99. The number of carbonyl (C=O) groups is 4. The van der Waals surface area contributed by atoms with Gasteiger partial charge in [-0.25, -0.2) is 9.59 Å².